The molecule has 0 saturated heterocycles. The highest BCUT2D eigenvalue weighted by molar-refractivity contribution is 6.43. The van der Waals surface area contributed by atoms with Crippen molar-refractivity contribution in [2.45, 2.75) is 6.92 Å². The molecule has 0 aliphatic rings. The summed E-state index contributed by atoms with van der Waals surface area (Å²) < 4.78 is 4.44. The fraction of sp³-hybridized carbons (Fsp3) is 0.167. The Balaban J connectivity index is 2.65. The first-order valence-electron chi connectivity index (χ1n) is 4.95. The van der Waals surface area contributed by atoms with Crippen LogP contribution in [-0.2, 0) is 9.53 Å². The van der Waals surface area contributed by atoms with Crippen molar-refractivity contribution in [1.82, 2.24) is 4.98 Å². The Kier molecular flexibility index (Phi) is 2.90. The number of aromatic nitrogens is 1. The third-order valence-electron chi connectivity index (χ3n) is 2.55. The minimum absolute atomic E-state index is 0.337. The molecule has 0 aliphatic heterocycles. The number of esters is 1. The minimum atomic E-state index is -0.871. The first-order chi connectivity index (χ1) is 8.04. The van der Waals surface area contributed by atoms with Crippen molar-refractivity contribution >= 4 is 34.3 Å². The monoisotopic (exact) mass is 251 g/mol. The van der Waals surface area contributed by atoms with E-state index in [-0.39, 0.29) is 0 Å². The maximum atomic E-state index is 11.8. The van der Waals surface area contributed by atoms with Crippen molar-refractivity contribution in [3.63, 3.8) is 0 Å². The topological polar surface area (TPSA) is 59.2 Å². The fourth-order valence-electron chi connectivity index (χ4n) is 1.79. The van der Waals surface area contributed by atoms with Crippen LogP contribution in [0.4, 0.5) is 0 Å². The number of nitrogens with one attached hydrogen (secondary N) is 1. The van der Waals surface area contributed by atoms with E-state index in [1.165, 1.54) is 7.11 Å². The molecule has 1 aromatic carbocycles. The predicted octanol–water partition coefficient (Wildman–Crippen LogP) is 2.49. The molecule has 2 aromatic rings. The summed E-state index contributed by atoms with van der Waals surface area (Å²) in [6.07, 6.45) is 0. The fourth-order valence-corrected chi connectivity index (χ4v) is 1.96. The summed E-state index contributed by atoms with van der Waals surface area (Å²) in [6.45, 7) is 1.73. The average molecular weight is 252 g/mol. The molecule has 4 nitrogen and oxygen atoms in total. The lowest BCUT2D eigenvalue weighted by molar-refractivity contribution is -0.135. The number of carbonyl (C=O) groups excluding carboxylic acids is 2. The standard InChI is InChI=1S/C12H10ClNO3/c1-6-10(11(15)12(16)17-2)8-4-3-7(13)5-9(8)14-6/h3-5,14H,1-2H3. The number of ether oxygens (including phenoxy) is 1. The van der Waals surface area contributed by atoms with Crippen molar-refractivity contribution in [3.05, 3.63) is 34.5 Å². The van der Waals surface area contributed by atoms with E-state index in [1.54, 1.807) is 25.1 Å². The molecule has 0 unspecified atom stereocenters. The summed E-state index contributed by atoms with van der Waals surface area (Å²) in [5.41, 5.74) is 1.68. The number of Topliss-reactive ketones (excluding diaryl/α,β-unsaturated/α-hetero) is 1. The molecule has 17 heavy (non-hydrogen) atoms. The van der Waals surface area contributed by atoms with Crippen molar-refractivity contribution in [3.8, 4) is 0 Å². The molecule has 0 atom stereocenters. The summed E-state index contributed by atoms with van der Waals surface area (Å²) >= 11 is 5.85. The van der Waals surface area contributed by atoms with Crippen LogP contribution in [0.2, 0.25) is 5.02 Å². The highest BCUT2D eigenvalue weighted by atomic mass is 35.5. The first kappa shape index (κ1) is 11.7. The zero-order chi connectivity index (χ0) is 12.6. The molecule has 1 heterocycles. The van der Waals surface area contributed by atoms with Crippen LogP contribution in [0.5, 0.6) is 0 Å². The van der Waals surface area contributed by atoms with E-state index >= 15 is 0 Å². The van der Waals surface area contributed by atoms with Crippen LogP contribution in [-0.4, -0.2) is 23.8 Å². The second-order valence-electron chi connectivity index (χ2n) is 3.64. The molecule has 0 saturated carbocycles. The normalized spacial score (nSPS) is 10.5. The van der Waals surface area contributed by atoms with Gasteiger partial charge >= 0.3 is 5.97 Å². The van der Waals surface area contributed by atoms with E-state index in [9.17, 15) is 9.59 Å². The van der Waals surface area contributed by atoms with Crippen LogP contribution < -0.4 is 0 Å². The Labute approximate surface area is 103 Å². The van der Waals surface area contributed by atoms with Crippen molar-refractivity contribution < 1.29 is 14.3 Å². The molecule has 0 amide bonds. The van der Waals surface area contributed by atoms with Gasteiger partial charge in [-0.1, -0.05) is 17.7 Å². The second kappa shape index (κ2) is 4.22. The number of ketones is 1. The molecule has 0 spiro atoms. The average Bonchev–Trinajstić information content (AvgIpc) is 2.62. The molecule has 1 N–H and O–H groups in total. The number of carbonyl (C=O) groups is 2. The van der Waals surface area contributed by atoms with E-state index in [1.807, 2.05) is 0 Å². The Morgan fingerprint density at radius 3 is 2.71 bits per heavy atom. The van der Waals surface area contributed by atoms with Gasteiger partial charge in [-0.3, -0.25) is 4.79 Å². The molecule has 88 valence electrons. The number of methoxy groups -OCH3 is 1. The van der Waals surface area contributed by atoms with Gasteiger partial charge in [0.05, 0.1) is 12.7 Å². The summed E-state index contributed by atoms with van der Waals surface area (Å²) in [6, 6.07) is 5.08. The van der Waals surface area contributed by atoms with Gasteiger partial charge in [-0.15, -0.1) is 0 Å². The van der Waals surface area contributed by atoms with Gasteiger partial charge in [0.25, 0.3) is 5.78 Å². The number of aromatic amines is 1. The molecule has 5 heteroatoms. The Morgan fingerprint density at radius 2 is 2.06 bits per heavy atom. The van der Waals surface area contributed by atoms with Crippen molar-refractivity contribution in [2.24, 2.45) is 0 Å². The highest BCUT2D eigenvalue weighted by Gasteiger charge is 2.23. The van der Waals surface area contributed by atoms with Crippen LogP contribution in [0.15, 0.2) is 18.2 Å². The summed E-state index contributed by atoms with van der Waals surface area (Å²) in [7, 11) is 1.18. The predicted molar refractivity (Wildman–Crippen MR) is 64.4 cm³/mol. The van der Waals surface area contributed by atoms with Crippen LogP contribution in [0.25, 0.3) is 10.9 Å². The van der Waals surface area contributed by atoms with Gasteiger partial charge in [-0.05, 0) is 19.1 Å². The van der Waals surface area contributed by atoms with Gasteiger partial charge in [0, 0.05) is 21.6 Å². The molecule has 0 bridgehead atoms. The van der Waals surface area contributed by atoms with E-state index in [2.05, 4.69) is 9.72 Å². The van der Waals surface area contributed by atoms with E-state index in [0.717, 1.165) is 5.52 Å². The minimum Gasteiger partial charge on any atom is -0.463 e. The molecule has 0 radical (unpaired) electrons. The first-order valence-corrected chi connectivity index (χ1v) is 5.33. The number of fused-ring (bicyclic) bond motifs is 1. The van der Waals surface area contributed by atoms with Gasteiger partial charge in [-0.2, -0.15) is 0 Å². The van der Waals surface area contributed by atoms with E-state index in [0.29, 0.717) is 21.7 Å². The number of halogens is 1. The summed E-state index contributed by atoms with van der Waals surface area (Å²) in [5, 5.41) is 1.23. The second-order valence-corrected chi connectivity index (χ2v) is 4.07. The molecular formula is C12H10ClNO3. The Morgan fingerprint density at radius 1 is 1.35 bits per heavy atom. The van der Waals surface area contributed by atoms with Gasteiger partial charge in [0.2, 0.25) is 0 Å². The Bertz CT molecular complexity index is 615. The summed E-state index contributed by atoms with van der Waals surface area (Å²) in [4.78, 5) is 26.1. The van der Waals surface area contributed by atoms with Gasteiger partial charge < -0.3 is 9.72 Å². The lowest BCUT2D eigenvalue weighted by atomic mass is 10.1. The number of H-pyrrole nitrogens is 1. The number of hydrogen-bond donors (Lipinski definition) is 1. The van der Waals surface area contributed by atoms with Crippen LogP contribution in [0, 0.1) is 6.92 Å². The van der Waals surface area contributed by atoms with Crippen LogP contribution >= 0.6 is 11.6 Å². The lowest BCUT2D eigenvalue weighted by Crippen LogP contribution is -2.16. The van der Waals surface area contributed by atoms with Crippen molar-refractivity contribution in [2.75, 3.05) is 7.11 Å². The third-order valence-corrected chi connectivity index (χ3v) is 2.78. The lowest BCUT2D eigenvalue weighted by Gasteiger charge is -1.98. The number of hydrogen-bond acceptors (Lipinski definition) is 3. The zero-order valence-corrected chi connectivity index (χ0v) is 10.1. The molecule has 0 aliphatic carbocycles. The number of benzene rings is 1. The Hall–Kier alpha value is -1.81. The van der Waals surface area contributed by atoms with Gasteiger partial charge in [0.1, 0.15) is 0 Å². The van der Waals surface area contributed by atoms with E-state index < -0.39 is 11.8 Å². The maximum Gasteiger partial charge on any atom is 0.379 e. The molecule has 1 aromatic heterocycles. The smallest absolute Gasteiger partial charge is 0.379 e. The largest absolute Gasteiger partial charge is 0.463 e. The van der Waals surface area contributed by atoms with Gasteiger partial charge in [-0.25, -0.2) is 4.79 Å². The quantitative estimate of drug-likeness (QED) is 0.507. The van der Waals surface area contributed by atoms with E-state index in [4.69, 9.17) is 11.6 Å². The van der Waals surface area contributed by atoms with Gasteiger partial charge in [0.15, 0.2) is 0 Å². The highest BCUT2D eigenvalue weighted by Crippen LogP contribution is 2.25. The van der Waals surface area contributed by atoms with Crippen LogP contribution in [0.1, 0.15) is 16.1 Å². The zero-order valence-electron chi connectivity index (χ0n) is 9.33. The third kappa shape index (κ3) is 1.91. The maximum absolute atomic E-state index is 11.8. The molecular weight excluding hydrogens is 242 g/mol. The van der Waals surface area contributed by atoms with Crippen LogP contribution in [0.3, 0.4) is 0 Å². The molecule has 0 fully saturated rings. The SMILES string of the molecule is COC(=O)C(=O)c1c(C)[nH]c2cc(Cl)ccc12. The molecule has 2 rings (SSSR count). The summed E-state index contributed by atoms with van der Waals surface area (Å²) in [5.74, 6) is -1.53. The number of aryl methyl sites for hydroxylation is 1. The van der Waals surface area contributed by atoms with Crippen molar-refractivity contribution in [1.29, 1.82) is 0 Å². The number of rotatable bonds is 2.